The Labute approximate surface area is 240 Å². The van der Waals surface area contributed by atoms with E-state index in [2.05, 4.69) is 0 Å². The van der Waals surface area contributed by atoms with Gasteiger partial charge in [-0.25, -0.2) is 4.39 Å². The molecule has 0 aliphatic carbocycles. The molecule has 4 atom stereocenters. The molecule has 216 valence electrons. The molecule has 0 saturated carbocycles. The molecule has 0 aliphatic heterocycles. The minimum absolute atomic E-state index is 0.0184. The Kier molecular flexibility index (Phi) is 12.5. The minimum atomic E-state index is -1.35. The lowest BCUT2D eigenvalue weighted by Gasteiger charge is -2.32. The summed E-state index contributed by atoms with van der Waals surface area (Å²) in [5.74, 6) is -0.346. The van der Waals surface area contributed by atoms with E-state index in [0.717, 1.165) is 22.3 Å². The summed E-state index contributed by atoms with van der Waals surface area (Å²) in [4.78, 5) is 0. The van der Waals surface area contributed by atoms with Gasteiger partial charge in [0.1, 0.15) is 30.2 Å². The molecule has 0 aliphatic rings. The predicted molar refractivity (Wildman–Crippen MR) is 154 cm³/mol. The lowest BCUT2D eigenvalue weighted by molar-refractivity contribution is -0.170. The van der Waals surface area contributed by atoms with Gasteiger partial charge in [-0.1, -0.05) is 103 Å². The lowest BCUT2D eigenvalue weighted by Crippen LogP contribution is -2.49. The molecule has 0 amide bonds. The van der Waals surface area contributed by atoms with E-state index in [4.69, 9.17) is 18.9 Å². The molecule has 0 spiro atoms. The van der Waals surface area contributed by atoms with Crippen LogP contribution in [-0.2, 0) is 45.4 Å². The van der Waals surface area contributed by atoms with Gasteiger partial charge in [-0.05, 0) is 34.4 Å². The molecule has 4 aromatic carbocycles. The Morgan fingerprint density at radius 3 is 1.20 bits per heavy atom. The first-order chi connectivity index (χ1) is 20.1. The van der Waals surface area contributed by atoms with E-state index in [1.807, 2.05) is 91.0 Å². The maximum absolute atomic E-state index is 13.4. The van der Waals surface area contributed by atoms with Gasteiger partial charge in [0.2, 0.25) is 0 Å². The number of aliphatic hydroxyl groups is 2. The highest BCUT2D eigenvalue weighted by atomic mass is 19.1. The van der Waals surface area contributed by atoms with Crippen LogP contribution in [0.5, 0.6) is 0 Å². The summed E-state index contributed by atoms with van der Waals surface area (Å²) < 4.78 is 37.3. The van der Waals surface area contributed by atoms with Crippen LogP contribution in [0.4, 0.5) is 4.39 Å². The summed E-state index contributed by atoms with van der Waals surface area (Å²) in [6, 6.07) is 34.9. The van der Waals surface area contributed by atoms with E-state index in [-0.39, 0.29) is 32.2 Å². The van der Waals surface area contributed by atoms with E-state index in [9.17, 15) is 14.6 Å². The third-order valence-corrected chi connectivity index (χ3v) is 6.58. The summed E-state index contributed by atoms with van der Waals surface area (Å²) in [5.41, 5.74) is 3.61. The molecule has 0 radical (unpaired) electrons. The second kappa shape index (κ2) is 16.7. The number of halogens is 1. The summed E-state index contributed by atoms with van der Waals surface area (Å²) >= 11 is 0. The number of benzene rings is 4. The number of hydrogen-bond donors (Lipinski definition) is 2. The van der Waals surface area contributed by atoms with E-state index in [1.165, 1.54) is 12.1 Å². The molecule has 41 heavy (non-hydrogen) atoms. The van der Waals surface area contributed by atoms with E-state index >= 15 is 0 Å². The van der Waals surface area contributed by atoms with Gasteiger partial charge in [-0.3, -0.25) is 0 Å². The smallest absolute Gasteiger partial charge is 0.123 e. The Hall–Kier alpha value is -3.43. The van der Waals surface area contributed by atoms with Gasteiger partial charge in [0.15, 0.2) is 0 Å². The first-order valence-corrected chi connectivity index (χ1v) is 13.7. The molecule has 0 bridgehead atoms. The van der Waals surface area contributed by atoms with Crippen molar-refractivity contribution in [1.82, 2.24) is 0 Å². The van der Waals surface area contributed by atoms with Crippen molar-refractivity contribution in [2.45, 2.75) is 50.8 Å². The van der Waals surface area contributed by atoms with Crippen LogP contribution < -0.4 is 0 Å². The van der Waals surface area contributed by atoms with Crippen molar-refractivity contribution in [3.05, 3.63) is 143 Å². The number of aliphatic hydroxyl groups excluding tert-OH is 2. The van der Waals surface area contributed by atoms with Gasteiger partial charge in [0, 0.05) is 0 Å². The molecule has 0 unspecified atom stereocenters. The molecule has 4 aromatic rings. The van der Waals surface area contributed by atoms with Crippen molar-refractivity contribution in [3.63, 3.8) is 0 Å². The third kappa shape index (κ3) is 10.5. The van der Waals surface area contributed by atoms with Gasteiger partial charge >= 0.3 is 0 Å². The molecular formula is C34H37FO6. The monoisotopic (exact) mass is 560 g/mol. The fourth-order valence-electron chi connectivity index (χ4n) is 4.23. The Bertz CT molecular complexity index is 1240. The standard InChI is InChI=1S/C34H37FO6/c35-30-18-16-29(17-19-30)23-41-32(25-39-21-27-12-6-2-7-13-27)34(37)33(36)31(40-22-28-14-8-3-9-15-28)24-38-20-26-10-4-1-5-11-26/h1-19,31-34,36-37H,20-25H2/t31-,32-,33-,34-/m1/s1. The molecule has 0 aromatic heterocycles. The van der Waals surface area contributed by atoms with Crippen LogP contribution in [0.3, 0.4) is 0 Å². The second-order valence-electron chi connectivity index (χ2n) is 9.79. The zero-order valence-corrected chi connectivity index (χ0v) is 22.9. The molecule has 2 N–H and O–H groups in total. The van der Waals surface area contributed by atoms with Crippen LogP contribution in [0.1, 0.15) is 22.3 Å². The van der Waals surface area contributed by atoms with Crippen molar-refractivity contribution < 1.29 is 33.6 Å². The van der Waals surface area contributed by atoms with Gasteiger partial charge in [-0.2, -0.15) is 0 Å². The quantitative estimate of drug-likeness (QED) is 0.179. The van der Waals surface area contributed by atoms with Crippen molar-refractivity contribution in [1.29, 1.82) is 0 Å². The molecule has 7 heteroatoms. The Morgan fingerprint density at radius 2 is 0.805 bits per heavy atom. The average molecular weight is 561 g/mol. The highest BCUT2D eigenvalue weighted by Crippen LogP contribution is 2.17. The molecule has 0 saturated heterocycles. The molecule has 4 rings (SSSR count). The zero-order chi connectivity index (χ0) is 28.7. The summed E-state index contributed by atoms with van der Waals surface area (Å²) in [5, 5.41) is 22.7. The van der Waals surface area contributed by atoms with E-state index in [1.54, 1.807) is 12.1 Å². The van der Waals surface area contributed by atoms with Crippen LogP contribution in [-0.4, -0.2) is 47.8 Å². The summed E-state index contributed by atoms with van der Waals surface area (Å²) in [6.45, 7) is 1.05. The van der Waals surface area contributed by atoms with Crippen LogP contribution in [0.25, 0.3) is 0 Å². The minimum Gasteiger partial charge on any atom is -0.388 e. The maximum Gasteiger partial charge on any atom is 0.123 e. The van der Waals surface area contributed by atoms with Gasteiger partial charge < -0.3 is 29.2 Å². The number of rotatable bonds is 17. The van der Waals surface area contributed by atoms with Crippen LogP contribution in [0.2, 0.25) is 0 Å². The normalized spacial score (nSPS) is 14.3. The van der Waals surface area contributed by atoms with Crippen LogP contribution in [0, 0.1) is 5.82 Å². The van der Waals surface area contributed by atoms with Crippen molar-refractivity contribution in [2.24, 2.45) is 0 Å². The topological polar surface area (TPSA) is 77.4 Å². The van der Waals surface area contributed by atoms with Crippen LogP contribution in [0.15, 0.2) is 115 Å². The zero-order valence-electron chi connectivity index (χ0n) is 22.9. The SMILES string of the molecule is O[C@@H]([C@H](O)[C@@H](COCc1ccccc1)OCc1ccc(F)cc1)[C@@H](COCc1ccccc1)OCc1ccccc1. The number of ether oxygens (including phenoxy) is 4. The van der Waals surface area contributed by atoms with Crippen molar-refractivity contribution >= 4 is 0 Å². The Balaban J connectivity index is 1.43. The Morgan fingerprint density at radius 1 is 0.463 bits per heavy atom. The average Bonchev–Trinajstić information content (AvgIpc) is 3.02. The number of hydrogen-bond acceptors (Lipinski definition) is 6. The first kappa shape index (κ1) is 30.5. The second-order valence-corrected chi connectivity index (χ2v) is 9.79. The molecule has 6 nitrogen and oxygen atoms in total. The lowest BCUT2D eigenvalue weighted by atomic mass is 10.0. The first-order valence-electron chi connectivity index (χ1n) is 13.7. The van der Waals surface area contributed by atoms with Crippen molar-refractivity contribution in [2.75, 3.05) is 13.2 Å². The van der Waals surface area contributed by atoms with Crippen LogP contribution >= 0.6 is 0 Å². The highest BCUT2D eigenvalue weighted by molar-refractivity contribution is 5.16. The van der Waals surface area contributed by atoms with Crippen molar-refractivity contribution in [3.8, 4) is 0 Å². The highest BCUT2D eigenvalue weighted by Gasteiger charge is 2.34. The predicted octanol–water partition coefficient (Wildman–Crippen LogP) is 5.45. The van der Waals surface area contributed by atoms with Gasteiger partial charge in [-0.15, -0.1) is 0 Å². The largest absolute Gasteiger partial charge is 0.388 e. The summed E-state index contributed by atoms with van der Waals surface area (Å²) in [7, 11) is 0. The fraction of sp³-hybridized carbons (Fsp3) is 0.294. The summed E-state index contributed by atoms with van der Waals surface area (Å²) in [6.07, 6.45) is -4.43. The fourth-order valence-corrected chi connectivity index (χ4v) is 4.23. The molecule has 0 fully saturated rings. The van der Waals surface area contributed by atoms with Gasteiger partial charge in [0.25, 0.3) is 0 Å². The molecular weight excluding hydrogens is 523 g/mol. The molecule has 0 heterocycles. The third-order valence-electron chi connectivity index (χ3n) is 6.58. The van der Waals surface area contributed by atoms with E-state index < -0.39 is 24.4 Å². The maximum atomic E-state index is 13.4. The van der Waals surface area contributed by atoms with E-state index in [0.29, 0.717) is 13.2 Å². The van der Waals surface area contributed by atoms with Gasteiger partial charge in [0.05, 0.1) is 39.6 Å².